The molecule has 1 heterocycles. The maximum absolute atomic E-state index is 13.1. The van der Waals surface area contributed by atoms with Gasteiger partial charge in [0.25, 0.3) is 0 Å². The first-order valence-electron chi connectivity index (χ1n) is 8.84. The van der Waals surface area contributed by atoms with E-state index >= 15 is 0 Å². The number of carbonyl (C=O) groups excluding carboxylic acids is 1. The van der Waals surface area contributed by atoms with E-state index in [1.54, 1.807) is 14.0 Å². The lowest BCUT2D eigenvalue weighted by Gasteiger charge is -2.37. The predicted molar refractivity (Wildman–Crippen MR) is 92.8 cm³/mol. The number of hydrogen-bond acceptors (Lipinski definition) is 4. The molecule has 2 bridgehead atoms. The highest BCUT2D eigenvalue weighted by Gasteiger charge is 2.72. The zero-order valence-corrected chi connectivity index (χ0v) is 16.1. The Morgan fingerprint density at radius 2 is 2.04 bits per heavy atom. The van der Waals surface area contributed by atoms with Crippen LogP contribution in [0.4, 0.5) is 0 Å². The Morgan fingerprint density at radius 1 is 1.38 bits per heavy atom. The van der Waals surface area contributed by atoms with Gasteiger partial charge in [0.2, 0.25) is 15.9 Å². The highest BCUT2D eigenvalue weighted by Crippen LogP contribution is 2.70. The molecule has 2 saturated carbocycles. The van der Waals surface area contributed by atoms with Crippen LogP contribution in [0.3, 0.4) is 0 Å². The van der Waals surface area contributed by atoms with Crippen molar-refractivity contribution in [3.8, 4) is 0 Å². The van der Waals surface area contributed by atoms with E-state index in [4.69, 9.17) is 4.74 Å². The minimum atomic E-state index is -3.56. The van der Waals surface area contributed by atoms with Crippen LogP contribution in [0.15, 0.2) is 12.2 Å². The molecule has 0 aromatic heterocycles. The molecule has 0 aromatic carbocycles. The third-order valence-electron chi connectivity index (χ3n) is 7.16. The van der Waals surface area contributed by atoms with Gasteiger partial charge in [0.1, 0.15) is 0 Å². The molecule has 2 aliphatic carbocycles. The summed E-state index contributed by atoms with van der Waals surface area (Å²) in [6.07, 6.45) is 6.04. The third-order valence-corrected chi connectivity index (χ3v) is 9.08. The smallest absolute Gasteiger partial charge is 0.242 e. The SMILES string of the molecule is CC=CC(OC)C(C)C(=O)N1C2CC3CCC2(CS1(=O)=O)C3(C)C. The molecule has 5 atom stereocenters. The van der Waals surface area contributed by atoms with Crippen LogP contribution < -0.4 is 0 Å². The number of carbonyl (C=O) groups is 1. The van der Waals surface area contributed by atoms with Crippen molar-refractivity contribution in [3.63, 3.8) is 0 Å². The van der Waals surface area contributed by atoms with Gasteiger partial charge in [-0.3, -0.25) is 4.79 Å². The molecule has 1 aliphatic heterocycles. The lowest BCUT2D eigenvalue weighted by molar-refractivity contribution is -0.135. The summed E-state index contributed by atoms with van der Waals surface area (Å²) in [5.74, 6) is -0.200. The Kier molecular flexibility index (Phi) is 4.15. The summed E-state index contributed by atoms with van der Waals surface area (Å²) in [6.45, 7) is 8.00. The fraction of sp³-hybridized carbons (Fsp3) is 0.833. The van der Waals surface area contributed by atoms with E-state index in [1.807, 2.05) is 19.1 Å². The van der Waals surface area contributed by atoms with Gasteiger partial charge in [0.05, 0.1) is 23.8 Å². The lowest BCUT2D eigenvalue weighted by atomic mass is 9.69. The van der Waals surface area contributed by atoms with Gasteiger partial charge in [0, 0.05) is 12.5 Å². The number of sulfonamides is 1. The second-order valence-electron chi connectivity index (χ2n) is 8.27. The second kappa shape index (κ2) is 5.56. The number of amides is 1. The molecule has 5 nitrogen and oxygen atoms in total. The zero-order chi connectivity index (χ0) is 17.9. The predicted octanol–water partition coefficient (Wildman–Crippen LogP) is 2.58. The normalized spacial score (nSPS) is 38.5. The van der Waals surface area contributed by atoms with Gasteiger partial charge < -0.3 is 4.74 Å². The summed E-state index contributed by atoms with van der Waals surface area (Å²) in [5.41, 5.74) is -0.290. The number of hydrogen-bond donors (Lipinski definition) is 0. The van der Waals surface area contributed by atoms with Crippen molar-refractivity contribution in [2.45, 2.75) is 59.1 Å². The van der Waals surface area contributed by atoms with Gasteiger partial charge in [-0.2, -0.15) is 0 Å². The quantitative estimate of drug-likeness (QED) is 0.727. The van der Waals surface area contributed by atoms with Crippen molar-refractivity contribution in [2.24, 2.45) is 22.7 Å². The van der Waals surface area contributed by atoms with Gasteiger partial charge in [-0.25, -0.2) is 12.7 Å². The molecule has 0 N–H and O–H groups in total. The summed E-state index contributed by atoms with van der Waals surface area (Å²) < 4.78 is 32.4. The first-order chi connectivity index (χ1) is 11.1. The molecule has 3 fully saturated rings. The second-order valence-corrected chi connectivity index (χ2v) is 10.1. The molecule has 0 aromatic rings. The van der Waals surface area contributed by atoms with E-state index in [0.29, 0.717) is 5.92 Å². The molecule has 1 spiro atoms. The molecule has 1 saturated heterocycles. The van der Waals surface area contributed by atoms with Gasteiger partial charge in [-0.15, -0.1) is 0 Å². The monoisotopic (exact) mass is 355 g/mol. The first-order valence-corrected chi connectivity index (χ1v) is 10.4. The van der Waals surface area contributed by atoms with E-state index in [2.05, 4.69) is 13.8 Å². The Labute approximate surface area is 145 Å². The summed E-state index contributed by atoms with van der Waals surface area (Å²) in [4.78, 5) is 13.1. The Hall–Kier alpha value is -0.880. The molecular formula is C18H29NO4S. The fourth-order valence-electron chi connectivity index (χ4n) is 5.56. The molecule has 0 radical (unpaired) electrons. The number of nitrogens with zero attached hydrogens (tertiary/aromatic N) is 1. The van der Waals surface area contributed by atoms with E-state index in [-0.39, 0.29) is 28.5 Å². The van der Waals surface area contributed by atoms with Crippen LogP contribution in [0, 0.1) is 22.7 Å². The van der Waals surface area contributed by atoms with Crippen molar-refractivity contribution >= 4 is 15.9 Å². The third kappa shape index (κ3) is 2.15. The van der Waals surface area contributed by atoms with Crippen molar-refractivity contribution in [1.82, 2.24) is 4.31 Å². The van der Waals surface area contributed by atoms with E-state index in [9.17, 15) is 13.2 Å². The minimum Gasteiger partial charge on any atom is -0.377 e. The Balaban J connectivity index is 1.96. The van der Waals surface area contributed by atoms with Crippen LogP contribution in [0.1, 0.15) is 47.0 Å². The molecule has 1 amide bonds. The molecular weight excluding hydrogens is 326 g/mol. The summed E-state index contributed by atoms with van der Waals surface area (Å²) in [6, 6.07) is -0.172. The van der Waals surface area contributed by atoms with Crippen LogP contribution in [-0.2, 0) is 19.6 Å². The van der Waals surface area contributed by atoms with Crippen molar-refractivity contribution in [1.29, 1.82) is 0 Å². The van der Waals surface area contributed by atoms with Crippen LogP contribution >= 0.6 is 0 Å². The molecule has 3 rings (SSSR count). The Bertz CT molecular complexity index is 669. The standard InChI is InChI=1S/C18H29NO4S/c1-6-7-14(23-5)12(2)16(20)19-15-10-13-8-9-18(15,17(13,3)4)11-24(19,21)22/h6-7,12-15H,8-11H2,1-5H3. The lowest BCUT2D eigenvalue weighted by Crippen LogP contribution is -2.47. The fourth-order valence-corrected chi connectivity index (χ4v) is 8.17. The van der Waals surface area contributed by atoms with E-state index in [1.165, 1.54) is 4.31 Å². The number of ether oxygens (including phenoxy) is 1. The first kappa shape index (κ1) is 17.9. The van der Waals surface area contributed by atoms with E-state index in [0.717, 1.165) is 19.3 Å². The van der Waals surface area contributed by atoms with Crippen LogP contribution in [0.2, 0.25) is 0 Å². The largest absolute Gasteiger partial charge is 0.377 e. The van der Waals surface area contributed by atoms with Gasteiger partial charge in [-0.05, 0) is 37.5 Å². The van der Waals surface area contributed by atoms with Crippen LogP contribution in [-0.4, -0.2) is 43.6 Å². The van der Waals surface area contributed by atoms with Crippen LogP contribution in [0.5, 0.6) is 0 Å². The van der Waals surface area contributed by atoms with Crippen molar-refractivity contribution in [2.75, 3.05) is 12.9 Å². The van der Waals surface area contributed by atoms with Gasteiger partial charge in [-0.1, -0.05) is 32.9 Å². The number of fused-ring (bicyclic) bond motifs is 1. The van der Waals surface area contributed by atoms with Gasteiger partial charge in [0.15, 0.2) is 0 Å². The minimum absolute atomic E-state index is 0.0208. The average molecular weight is 356 g/mol. The maximum Gasteiger partial charge on any atom is 0.242 e. The number of methoxy groups -OCH3 is 1. The van der Waals surface area contributed by atoms with Crippen molar-refractivity contribution < 1.29 is 17.9 Å². The zero-order valence-electron chi connectivity index (χ0n) is 15.3. The van der Waals surface area contributed by atoms with Crippen molar-refractivity contribution in [3.05, 3.63) is 12.2 Å². The summed E-state index contributed by atoms with van der Waals surface area (Å²) in [7, 11) is -2.01. The molecule has 24 heavy (non-hydrogen) atoms. The molecule has 6 heteroatoms. The molecule has 136 valence electrons. The average Bonchev–Trinajstić information content (AvgIpc) is 2.98. The molecule has 3 aliphatic rings. The Morgan fingerprint density at radius 3 is 2.58 bits per heavy atom. The number of allylic oxidation sites excluding steroid dienone is 1. The van der Waals surface area contributed by atoms with E-state index < -0.39 is 22.0 Å². The highest BCUT2D eigenvalue weighted by atomic mass is 32.2. The topological polar surface area (TPSA) is 63.7 Å². The maximum atomic E-state index is 13.1. The van der Waals surface area contributed by atoms with Gasteiger partial charge >= 0.3 is 0 Å². The summed E-state index contributed by atoms with van der Waals surface area (Å²) in [5, 5.41) is 0. The molecule has 5 unspecified atom stereocenters. The highest BCUT2D eigenvalue weighted by molar-refractivity contribution is 7.90. The summed E-state index contributed by atoms with van der Waals surface area (Å²) >= 11 is 0. The van der Waals surface area contributed by atoms with Crippen LogP contribution in [0.25, 0.3) is 0 Å². The number of rotatable bonds is 4.